The van der Waals surface area contributed by atoms with E-state index in [-0.39, 0.29) is 16.7 Å². The van der Waals surface area contributed by atoms with Crippen LogP contribution in [0.5, 0.6) is 0 Å². The number of carboxylic acid groups (broad SMARTS) is 1. The zero-order valence-electron chi connectivity index (χ0n) is 12.0. The Labute approximate surface area is 126 Å². The summed E-state index contributed by atoms with van der Waals surface area (Å²) in [5, 5.41) is 12.5. The van der Waals surface area contributed by atoms with Crippen molar-refractivity contribution in [2.45, 2.75) is 20.8 Å². The SMILES string of the molecule is Cc1nc(-c2ccc(NC(=O)C(C)C)cc2)sc1C(=O)O. The Balaban J connectivity index is 2.21. The third-order valence-corrected chi connectivity index (χ3v) is 4.11. The molecule has 0 bridgehead atoms. The monoisotopic (exact) mass is 304 g/mol. The van der Waals surface area contributed by atoms with E-state index in [2.05, 4.69) is 10.3 Å². The Morgan fingerprint density at radius 3 is 2.33 bits per heavy atom. The van der Waals surface area contributed by atoms with Gasteiger partial charge >= 0.3 is 5.97 Å². The fourth-order valence-electron chi connectivity index (χ4n) is 1.70. The van der Waals surface area contributed by atoms with Crippen LogP contribution in [0.15, 0.2) is 24.3 Å². The number of rotatable bonds is 4. The lowest BCUT2D eigenvalue weighted by atomic mass is 10.2. The van der Waals surface area contributed by atoms with Crippen LogP contribution in [0.2, 0.25) is 0 Å². The van der Waals surface area contributed by atoms with Gasteiger partial charge in [-0.1, -0.05) is 13.8 Å². The molecule has 21 heavy (non-hydrogen) atoms. The highest BCUT2D eigenvalue weighted by molar-refractivity contribution is 7.17. The van der Waals surface area contributed by atoms with E-state index < -0.39 is 5.97 Å². The normalized spacial score (nSPS) is 10.7. The van der Waals surface area contributed by atoms with Gasteiger partial charge in [-0.05, 0) is 31.2 Å². The molecule has 0 fully saturated rings. The molecule has 0 saturated carbocycles. The quantitative estimate of drug-likeness (QED) is 0.907. The first-order valence-electron chi connectivity index (χ1n) is 6.50. The van der Waals surface area contributed by atoms with E-state index in [4.69, 9.17) is 5.11 Å². The van der Waals surface area contributed by atoms with E-state index >= 15 is 0 Å². The minimum absolute atomic E-state index is 0.0407. The number of carboxylic acids is 1. The Hall–Kier alpha value is -2.21. The molecular weight excluding hydrogens is 288 g/mol. The minimum Gasteiger partial charge on any atom is -0.477 e. The van der Waals surface area contributed by atoms with Crippen molar-refractivity contribution in [3.63, 3.8) is 0 Å². The van der Waals surface area contributed by atoms with Gasteiger partial charge in [-0.15, -0.1) is 11.3 Å². The summed E-state index contributed by atoms with van der Waals surface area (Å²) in [4.78, 5) is 27.2. The third-order valence-electron chi connectivity index (χ3n) is 2.91. The van der Waals surface area contributed by atoms with Crippen molar-refractivity contribution in [1.29, 1.82) is 0 Å². The number of nitrogens with zero attached hydrogens (tertiary/aromatic N) is 1. The molecule has 1 amide bonds. The molecule has 1 heterocycles. The Bertz CT molecular complexity index is 675. The third kappa shape index (κ3) is 3.46. The first-order chi connectivity index (χ1) is 9.88. The van der Waals surface area contributed by atoms with Crippen molar-refractivity contribution in [2.75, 3.05) is 5.32 Å². The molecule has 5 nitrogen and oxygen atoms in total. The lowest BCUT2D eigenvalue weighted by Gasteiger charge is -2.07. The highest BCUT2D eigenvalue weighted by Gasteiger charge is 2.15. The Morgan fingerprint density at radius 1 is 1.24 bits per heavy atom. The Kier molecular flexibility index (Phi) is 4.37. The summed E-state index contributed by atoms with van der Waals surface area (Å²) in [6, 6.07) is 7.21. The number of benzene rings is 1. The molecule has 1 aromatic heterocycles. The fraction of sp³-hybridized carbons (Fsp3) is 0.267. The summed E-state index contributed by atoms with van der Waals surface area (Å²) in [7, 11) is 0. The molecule has 0 aliphatic carbocycles. The second-order valence-corrected chi connectivity index (χ2v) is 5.96. The zero-order chi connectivity index (χ0) is 15.6. The number of carbonyl (C=O) groups excluding carboxylic acids is 1. The van der Waals surface area contributed by atoms with E-state index in [1.54, 1.807) is 19.1 Å². The molecule has 0 aliphatic heterocycles. The van der Waals surface area contributed by atoms with E-state index in [0.717, 1.165) is 16.9 Å². The molecule has 0 aliphatic rings. The van der Waals surface area contributed by atoms with Crippen LogP contribution in [0.3, 0.4) is 0 Å². The molecular formula is C15H16N2O3S. The largest absolute Gasteiger partial charge is 0.477 e. The highest BCUT2D eigenvalue weighted by atomic mass is 32.1. The van der Waals surface area contributed by atoms with Crippen LogP contribution in [0.4, 0.5) is 5.69 Å². The average molecular weight is 304 g/mol. The zero-order valence-corrected chi connectivity index (χ0v) is 12.8. The van der Waals surface area contributed by atoms with Gasteiger partial charge in [0.25, 0.3) is 0 Å². The summed E-state index contributed by atoms with van der Waals surface area (Å²) < 4.78 is 0. The summed E-state index contributed by atoms with van der Waals surface area (Å²) in [5.74, 6) is -1.08. The van der Waals surface area contributed by atoms with Crippen molar-refractivity contribution >= 4 is 28.9 Å². The van der Waals surface area contributed by atoms with Gasteiger partial charge in [0.15, 0.2) is 0 Å². The second-order valence-electron chi connectivity index (χ2n) is 4.96. The number of hydrogen-bond acceptors (Lipinski definition) is 4. The highest BCUT2D eigenvalue weighted by Crippen LogP contribution is 2.28. The van der Waals surface area contributed by atoms with Crippen LogP contribution in [0, 0.1) is 12.8 Å². The smallest absolute Gasteiger partial charge is 0.347 e. The predicted molar refractivity (Wildman–Crippen MR) is 82.7 cm³/mol. The van der Waals surface area contributed by atoms with E-state index in [0.29, 0.717) is 16.4 Å². The number of nitrogens with one attached hydrogen (secondary N) is 1. The molecule has 0 spiro atoms. The number of amides is 1. The van der Waals surface area contributed by atoms with Gasteiger partial charge in [0.1, 0.15) is 9.88 Å². The maximum Gasteiger partial charge on any atom is 0.347 e. The Morgan fingerprint density at radius 2 is 1.86 bits per heavy atom. The van der Waals surface area contributed by atoms with Crippen molar-refractivity contribution in [3.05, 3.63) is 34.8 Å². The summed E-state index contributed by atoms with van der Waals surface area (Å²) in [6.07, 6.45) is 0. The summed E-state index contributed by atoms with van der Waals surface area (Å²) in [5.41, 5.74) is 2.06. The van der Waals surface area contributed by atoms with Gasteiger partial charge in [0.05, 0.1) is 5.69 Å². The van der Waals surface area contributed by atoms with Crippen molar-refractivity contribution in [2.24, 2.45) is 5.92 Å². The van der Waals surface area contributed by atoms with Gasteiger partial charge in [-0.3, -0.25) is 4.79 Å². The van der Waals surface area contributed by atoms with Gasteiger partial charge in [0.2, 0.25) is 5.91 Å². The minimum atomic E-state index is -0.961. The van der Waals surface area contributed by atoms with E-state index in [9.17, 15) is 9.59 Å². The molecule has 2 aromatic rings. The van der Waals surface area contributed by atoms with Crippen molar-refractivity contribution in [3.8, 4) is 10.6 Å². The van der Waals surface area contributed by atoms with Gasteiger partial charge in [0, 0.05) is 17.2 Å². The van der Waals surface area contributed by atoms with Crippen LogP contribution >= 0.6 is 11.3 Å². The van der Waals surface area contributed by atoms with Gasteiger partial charge in [-0.2, -0.15) is 0 Å². The number of aromatic carboxylic acids is 1. The molecule has 0 radical (unpaired) electrons. The summed E-state index contributed by atoms with van der Waals surface area (Å²) >= 11 is 1.15. The van der Waals surface area contributed by atoms with Crippen LogP contribution in [0.1, 0.15) is 29.2 Å². The maximum atomic E-state index is 11.6. The number of anilines is 1. The van der Waals surface area contributed by atoms with Gasteiger partial charge < -0.3 is 10.4 Å². The van der Waals surface area contributed by atoms with Crippen LogP contribution in [0.25, 0.3) is 10.6 Å². The molecule has 2 N–H and O–H groups in total. The molecule has 1 aromatic carbocycles. The topological polar surface area (TPSA) is 79.3 Å². The van der Waals surface area contributed by atoms with Crippen LogP contribution in [-0.2, 0) is 4.79 Å². The van der Waals surface area contributed by atoms with Crippen LogP contribution in [-0.4, -0.2) is 22.0 Å². The fourth-order valence-corrected chi connectivity index (χ4v) is 2.61. The molecule has 2 rings (SSSR count). The standard InChI is InChI=1S/C15H16N2O3S/c1-8(2)13(18)17-11-6-4-10(5-7-11)14-16-9(3)12(21-14)15(19)20/h4-8H,1-3H3,(H,17,18)(H,19,20). The molecule has 0 saturated heterocycles. The molecule has 6 heteroatoms. The average Bonchev–Trinajstić information content (AvgIpc) is 2.81. The lowest BCUT2D eigenvalue weighted by molar-refractivity contribution is -0.118. The van der Waals surface area contributed by atoms with E-state index in [1.165, 1.54) is 0 Å². The first-order valence-corrected chi connectivity index (χ1v) is 7.32. The number of hydrogen-bond donors (Lipinski definition) is 2. The van der Waals surface area contributed by atoms with Crippen molar-refractivity contribution < 1.29 is 14.7 Å². The summed E-state index contributed by atoms with van der Waals surface area (Å²) in [6.45, 7) is 5.34. The van der Waals surface area contributed by atoms with Crippen LogP contribution < -0.4 is 5.32 Å². The molecule has 0 unspecified atom stereocenters. The number of aryl methyl sites for hydroxylation is 1. The van der Waals surface area contributed by atoms with Crippen molar-refractivity contribution in [1.82, 2.24) is 4.98 Å². The number of thiazole rings is 1. The molecule has 0 atom stereocenters. The molecule has 110 valence electrons. The van der Waals surface area contributed by atoms with Gasteiger partial charge in [-0.25, -0.2) is 9.78 Å². The number of carbonyl (C=O) groups is 2. The van der Waals surface area contributed by atoms with E-state index in [1.807, 2.05) is 26.0 Å². The number of aromatic nitrogens is 1. The lowest BCUT2D eigenvalue weighted by Crippen LogP contribution is -2.17. The first kappa shape index (κ1) is 15.2. The predicted octanol–water partition coefficient (Wildman–Crippen LogP) is 3.41. The maximum absolute atomic E-state index is 11.6. The second kappa shape index (κ2) is 6.05.